The van der Waals surface area contributed by atoms with Crippen LogP contribution in [0.15, 0.2) is 60.7 Å². The molecule has 0 unspecified atom stereocenters. The molecule has 3 aromatic rings. The maximum absolute atomic E-state index is 13.4. The standard InChI is InChI=1S/C22H21FN2O/c1-16-20(22(26)24-13-5-6-14-24)15-21(17-9-11-18(23)12-10-17)25(16)19-7-3-2-4-8-19/h2-4,7-12,15H,5-6,13-14H2,1H3. The van der Waals surface area contributed by atoms with E-state index in [1.54, 1.807) is 12.1 Å². The predicted octanol–water partition coefficient (Wildman–Crippen LogP) is 4.83. The number of carbonyl (C=O) groups excluding carboxylic acids is 1. The Morgan fingerprint density at radius 1 is 0.962 bits per heavy atom. The minimum absolute atomic E-state index is 0.0815. The number of nitrogens with zero attached hydrogens (tertiary/aromatic N) is 2. The fraction of sp³-hybridized carbons (Fsp3) is 0.227. The molecule has 1 aliphatic heterocycles. The van der Waals surface area contributed by atoms with Crippen molar-refractivity contribution in [2.24, 2.45) is 0 Å². The first-order valence-corrected chi connectivity index (χ1v) is 8.98. The molecule has 0 radical (unpaired) electrons. The first-order chi connectivity index (χ1) is 12.6. The van der Waals surface area contributed by atoms with Crippen LogP contribution in [0.4, 0.5) is 4.39 Å². The summed E-state index contributed by atoms with van der Waals surface area (Å²) in [6.07, 6.45) is 2.13. The van der Waals surface area contributed by atoms with Gasteiger partial charge in [0.25, 0.3) is 5.91 Å². The van der Waals surface area contributed by atoms with Crippen molar-refractivity contribution >= 4 is 5.91 Å². The number of carbonyl (C=O) groups is 1. The molecule has 0 aliphatic carbocycles. The van der Waals surface area contributed by atoms with Crippen LogP contribution >= 0.6 is 0 Å². The zero-order valence-corrected chi connectivity index (χ0v) is 14.8. The molecule has 4 rings (SSSR count). The predicted molar refractivity (Wildman–Crippen MR) is 101 cm³/mol. The Labute approximate surface area is 152 Å². The SMILES string of the molecule is Cc1c(C(=O)N2CCCC2)cc(-c2ccc(F)cc2)n1-c1ccccc1. The van der Waals surface area contributed by atoms with Gasteiger partial charge in [-0.2, -0.15) is 0 Å². The second-order valence-electron chi connectivity index (χ2n) is 6.71. The maximum atomic E-state index is 13.4. The van der Waals surface area contributed by atoms with E-state index >= 15 is 0 Å². The molecule has 2 aromatic carbocycles. The summed E-state index contributed by atoms with van der Waals surface area (Å²) in [7, 11) is 0. The number of para-hydroxylation sites is 1. The van der Waals surface area contributed by atoms with E-state index in [1.165, 1.54) is 12.1 Å². The molecule has 0 atom stereocenters. The molecule has 0 spiro atoms. The van der Waals surface area contributed by atoms with Gasteiger partial charge in [0, 0.05) is 24.5 Å². The van der Waals surface area contributed by atoms with Crippen molar-refractivity contribution < 1.29 is 9.18 Å². The largest absolute Gasteiger partial charge is 0.339 e. The van der Waals surface area contributed by atoms with Crippen LogP contribution in [0, 0.1) is 12.7 Å². The Morgan fingerprint density at radius 2 is 1.62 bits per heavy atom. The topological polar surface area (TPSA) is 25.2 Å². The van der Waals surface area contributed by atoms with E-state index in [-0.39, 0.29) is 11.7 Å². The molecule has 0 N–H and O–H groups in total. The molecule has 0 saturated carbocycles. The van der Waals surface area contributed by atoms with Gasteiger partial charge in [0.15, 0.2) is 0 Å². The maximum Gasteiger partial charge on any atom is 0.255 e. The van der Waals surface area contributed by atoms with Gasteiger partial charge in [0.05, 0.1) is 11.3 Å². The summed E-state index contributed by atoms with van der Waals surface area (Å²) in [6, 6.07) is 18.3. The number of amides is 1. The monoisotopic (exact) mass is 348 g/mol. The van der Waals surface area contributed by atoms with E-state index in [2.05, 4.69) is 4.57 Å². The third kappa shape index (κ3) is 2.92. The molecule has 1 fully saturated rings. The van der Waals surface area contributed by atoms with Crippen LogP contribution in [0.1, 0.15) is 28.9 Å². The molecule has 1 aliphatic rings. The van der Waals surface area contributed by atoms with Gasteiger partial charge in [-0.25, -0.2) is 4.39 Å². The molecular weight excluding hydrogens is 327 g/mol. The highest BCUT2D eigenvalue weighted by Crippen LogP contribution is 2.31. The average molecular weight is 348 g/mol. The summed E-state index contributed by atoms with van der Waals surface area (Å²) < 4.78 is 15.5. The molecule has 132 valence electrons. The normalized spacial score (nSPS) is 14.0. The van der Waals surface area contributed by atoms with Gasteiger partial charge in [0.2, 0.25) is 0 Å². The van der Waals surface area contributed by atoms with Crippen LogP contribution in [0.25, 0.3) is 16.9 Å². The van der Waals surface area contributed by atoms with E-state index < -0.39 is 0 Å². The highest BCUT2D eigenvalue weighted by atomic mass is 19.1. The molecule has 2 heterocycles. The molecule has 1 amide bonds. The van der Waals surface area contributed by atoms with Crippen molar-refractivity contribution in [3.63, 3.8) is 0 Å². The second-order valence-corrected chi connectivity index (χ2v) is 6.71. The van der Waals surface area contributed by atoms with E-state index in [4.69, 9.17) is 0 Å². The average Bonchev–Trinajstić information content (AvgIpc) is 3.31. The number of aromatic nitrogens is 1. The van der Waals surface area contributed by atoms with Gasteiger partial charge in [-0.3, -0.25) is 4.79 Å². The van der Waals surface area contributed by atoms with Gasteiger partial charge in [0.1, 0.15) is 5.82 Å². The van der Waals surface area contributed by atoms with Crippen molar-refractivity contribution in [1.82, 2.24) is 9.47 Å². The molecule has 26 heavy (non-hydrogen) atoms. The Bertz CT molecular complexity index is 923. The Morgan fingerprint density at radius 3 is 2.27 bits per heavy atom. The third-order valence-electron chi connectivity index (χ3n) is 5.03. The number of benzene rings is 2. The number of halogens is 1. The summed E-state index contributed by atoms with van der Waals surface area (Å²) in [5.41, 5.74) is 4.40. The molecule has 1 saturated heterocycles. The quantitative estimate of drug-likeness (QED) is 0.666. The van der Waals surface area contributed by atoms with Gasteiger partial charge >= 0.3 is 0 Å². The highest BCUT2D eigenvalue weighted by Gasteiger charge is 2.25. The van der Waals surface area contributed by atoms with E-state index in [0.717, 1.165) is 54.1 Å². The van der Waals surface area contributed by atoms with Crippen molar-refractivity contribution in [2.45, 2.75) is 19.8 Å². The lowest BCUT2D eigenvalue weighted by atomic mass is 10.1. The Hall–Kier alpha value is -2.88. The summed E-state index contributed by atoms with van der Waals surface area (Å²) in [5.74, 6) is -0.185. The summed E-state index contributed by atoms with van der Waals surface area (Å²) in [4.78, 5) is 14.9. The van der Waals surface area contributed by atoms with E-state index in [1.807, 2.05) is 48.2 Å². The molecule has 4 heteroatoms. The number of hydrogen-bond donors (Lipinski definition) is 0. The number of hydrogen-bond acceptors (Lipinski definition) is 1. The fourth-order valence-corrected chi connectivity index (χ4v) is 3.66. The smallest absolute Gasteiger partial charge is 0.255 e. The second kappa shape index (κ2) is 6.79. The van der Waals surface area contributed by atoms with Crippen LogP contribution in [0.2, 0.25) is 0 Å². The highest BCUT2D eigenvalue weighted by molar-refractivity contribution is 5.97. The van der Waals surface area contributed by atoms with E-state index in [9.17, 15) is 9.18 Å². The summed E-state index contributed by atoms with van der Waals surface area (Å²) in [6.45, 7) is 3.62. The van der Waals surface area contributed by atoms with Crippen molar-refractivity contribution in [2.75, 3.05) is 13.1 Å². The minimum Gasteiger partial charge on any atom is -0.339 e. The van der Waals surface area contributed by atoms with Crippen LogP contribution in [0.5, 0.6) is 0 Å². The minimum atomic E-state index is -0.267. The Balaban J connectivity index is 1.87. The lowest BCUT2D eigenvalue weighted by Crippen LogP contribution is -2.27. The lowest BCUT2D eigenvalue weighted by Gasteiger charge is -2.15. The molecule has 0 bridgehead atoms. The van der Waals surface area contributed by atoms with Crippen LogP contribution in [-0.4, -0.2) is 28.5 Å². The molecular formula is C22H21FN2O. The summed E-state index contributed by atoms with van der Waals surface area (Å²) >= 11 is 0. The molecule has 1 aromatic heterocycles. The van der Waals surface area contributed by atoms with Gasteiger partial charge in [-0.05, 0) is 67.8 Å². The fourth-order valence-electron chi connectivity index (χ4n) is 3.66. The van der Waals surface area contributed by atoms with Crippen LogP contribution in [-0.2, 0) is 0 Å². The van der Waals surface area contributed by atoms with Gasteiger partial charge in [-0.1, -0.05) is 18.2 Å². The Kier molecular flexibility index (Phi) is 4.33. The van der Waals surface area contributed by atoms with Crippen molar-refractivity contribution in [3.8, 4) is 16.9 Å². The van der Waals surface area contributed by atoms with Crippen molar-refractivity contribution in [3.05, 3.63) is 77.7 Å². The summed E-state index contributed by atoms with van der Waals surface area (Å²) in [5, 5.41) is 0. The molecule has 3 nitrogen and oxygen atoms in total. The lowest BCUT2D eigenvalue weighted by molar-refractivity contribution is 0.0792. The number of likely N-dealkylation sites (tertiary alicyclic amines) is 1. The van der Waals surface area contributed by atoms with Crippen LogP contribution < -0.4 is 0 Å². The van der Waals surface area contributed by atoms with E-state index in [0.29, 0.717) is 0 Å². The third-order valence-corrected chi connectivity index (χ3v) is 5.03. The zero-order chi connectivity index (χ0) is 18.1. The first kappa shape index (κ1) is 16.6. The van der Waals surface area contributed by atoms with Crippen LogP contribution in [0.3, 0.4) is 0 Å². The first-order valence-electron chi connectivity index (χ1n) is 8.98. The van der Waals surface area contributed by atoms with Gasteiger partial charge in [-0.15, -0.1) is 0 Å². The van der Waals surface area contributed by atoms with Gasteiger partial charge < -0.3 is 9.47 Å². The number of rotatable bonds is 3. The van der Waals surface area contributed by atoms with Crippen molar-refractivity contribution in [1.29, 1.82) is 0 Å². The zero-order valence-electron chi connectivity index (χ0n) is 14.8.